The maximum atomic E-state index is 13.0. The molecule has 0 spiro atoms. The van der Waals surface area contributed by atoms with Crippen molar-refractivity contribution in [2.24, 2.45) is 23.7 Å². The van der Waals surface area contributed by atoms with E-state index in [4.69, 9.17) is 37.0 Å². The number of carbonyl (C=O) groups excluding carboxylic acids is 4. The van der Waals surface area contributed by atoms with Gasteiger partial charge in [0.2, 0.25) is 0 Å². The number of hydrogen-bond acceptors (Lipinski definition) is 15. The Bertz CT molecular complexity index is 1700. The maximum Gasteiger partial charge on any atom is 0.472 e. The van der Waals surface area contributed by atoms with Crippen LogP contribution in [0.2, 0.25) is 0 Å². The number of rotatable bonds is 63. The number of unbranched alkanes of at least 4 members (excludes halogenated alkanes) is 29. The highest BCUT2D eigenvalue weighted by atomic mass is 31.2. The Kier molecular flexibility index (Phi) is 54.8. The number of phosphoric acid groups is 2. The van der Waals surface area contributed by atoms with Gasteiger partial charge in [0.15, 0.2) is 12.2 Å². The van der Waals surface area contributed by atoms with Crippen molar-refractivity contribution in [2.75, 3.05) is 39.6 Å². The minimum Gasteiger partial charge on any atom is -0.462 e. The van der Waals surface area contributed by atoms with E-state index < -0.39 is 97.5 Å². The van der Waals surface area contributed by atoms with Gasteiger partial charge in [-0.25, -0.2) is 9.13 Å². The molecule has 0 rings (SSSR count). The molecule has 0 aromatic carbocycles. The molecule has 0 amide bonds. The van der Waals surface area contributed by atoms with Gasteiger partial charge in [-0.1, -0.05) is 267 Å². The molecule has 85 heavy (non-hydrogen) atoms. The summed E-state index contributed by atoms with van der Waals surface area (Å²) in [5.74, 6) is 0.728. The normalized spacial score (nSPS) is 14.4. The summed E-state index contributed by atoms with van der Waals surface area (Å²) in [7, 11) is -9.89. The number of ether oxygens (including phenoxy) is 4. The van der Waals surface area contributed by atoms with Gasteiger partial charge in [0.1, 0.15) is 19.3 Å². The van der Waals surface area contributed by atoms with Gasteiger partial charge in [-0.15, -0.1) is 0 Å². The summed E-state index contributed by atoms with van der Waals surface area (Å²) in [6, 6.07) is 0. The number of phosphoric ester groups is 2. The fourth-order valence-corrected chi connectivity index (χ4v) is 11.4. The molecule has 0 heterocycles. The average Bonchev–Trinajstić information content (AvgIpc) is 3.54. The monoisotopic (exact) mass is 1250 g/mol. The van der Waals surface area contributed by atoms with Crippen LogP contribution in [0.25, 0.3) is 0 Å². The van der Waals surface area contributed by atoms with Crippen LogP contribution < -0.4 is 0 Å². The Morgan fingerprint density at radius 1 is 0.294 bits per heavy atom. The van der Waals surface area contributed by atoms with Crippen molar-refractivity contribution in [3.8, 4) is 0 Å². The molecular weight excluding hydrogens is 1130 g/mol. The van der Waals surface area contributed by atoms with Crippen LogP contribution in [0.4, 0.5) is 0 Å². The van der Waals surface area contributed by atoms with Gasteiger partial charge in [-0.2, -0.15) is 0 Å². The van der Waals surface area contributed by atoms with E-state index in [1.165, 1.54) is 116 Å². The molecule has 17 nitrogen and oxygen atoms in total. The minimum atomic E-state index is -4.95. The van der Waals surface area contributed by atoms with Crippen molar-refractivity contribution in [3.05, 3.63) is 0 Å². The lowest BCUT2D eigenvalue weighted by molar-refractivity contribution is -0.161. The van der Waals surface area contributed by atoms with Crippen molar-refractivity contribution < 1.29 is 80.2 Å². The van der Waals surface area contributed by atoms with Gasteiger partial charge in [0, 0.05) is 25.7 Å². The Morgan fingerprint density at radius 3 is 0.729 bits per heavy atom. The first-order valence-electron chi connectivity index (χ1n) is 34.2. The van der Waals surface area contributed by atoms with Crippen LogP contribution in [-0.4, -0.2) is 96.7 Å². The summed E-state index contributed by atoms with van der Waals surface area (Å²) in [6.45, 7) is 13.9. The summed E-state index contributed by atoms with van der Waals surface area (Å²) >= 11 is 0. The van der Waals surface area contributed by atoms with Crippen LogP contribution in [0, 0.1) is 23.7 Å². The van der Waals surface area contributed by atoms with E-state index in [2.05, 4.69) is 55.4 Å². The molecule has 0 saturated carbocycles. The molecule has 0 radical (unpaired) electrons. The molecule has 2 unspecified atom stereocenters. The van der Waals surface area contributed by atoms with Gasteiger partial charge in [-0.05, 0) is 49.4 Å². The van der Waals surface area contributed by atoms with Crippen LogP contribution in [0.3, 0.4) is 0 Å². The van der Waals surface area contributed by atoms with E-state index in [-0.39, 0.29) is 25.7 Å². The first-order valence-corrected chi connectivity index (χ1v) is 37.2. The molecule has 5 atom stereocenters. The quantitative estimate of drug-likeness (QED) is 0.0222. The van der Waals surface area contributed by atoms with Crippen LogP contribution in [-0.2, 0) is 65.4 Å². The number of carbonyl (C=O) groups is 4. The van der Waals surface area contributed by atoms with E-state index in [1.54, 1.807) is 0 Å². The van der Waals surface area contributed by atoms with Crippen molar-refractivity contribution in [2.45, 2.75) is 337 Å². The van der Waals surface area contributed by atoms with E-state index >= 15 is 0 Å². The third-order valence-electron chi connectivity index (χ3n) is 15.1. The molecule has 0 aliphatic rings. The van der Waals surface area contributed by atoms with Crippen molar-refractivity contribution in [1.29, 1.82) is 0 Å². The molecule has 0 saturated heterocycles. The Labute approximate surface area is 517 Å². The highest BCUT2D eigenvalue weighted by molar-refractivity contribution is 7.47. The van der Waals surface area contributed by atoms with Crippen molar-refractivity contribution in [1.82, 2.24) is 0 Å². The number of aliphatic hydroxyl groups excluding tert-OH is 1. The zero-order valence-corrected chi connectivity index (χ0v) is 57.0. The highest BCUT2D eigenvalue weighted by Crippen LogP contribution is 2.45. The number of aliphatic hydroxyl groups is 1. The third-order valence-corrected chi connectivity index (χ3v) is 17.0. The van der Waals surface area contributed by atoms with E-state index in [1.807, 2.05) is 0 Å². The first-order chi connectivity index (χ1) is 40.6. The van der Waals surface area contributed by atoms with E-state index in [0.29, 0.717) is 37.5 Å². The lowest BCUT2D eigenvalue weighted by Crippen LogP contribution is -2.30. The molecule has 0 fully saturated rings. The molecule has 3 N–H and O–H groups in total. The second-order valence-electron chi connectivity index (χ2n) is 25.8. The first kappa shape index (κ1) is 83.1. The van der Waals surface area contributed by atoms with Gasteiger partial charge < -0.3 is 33.8 Å². The topological polar surface area (TPSA) is 237 Å². The predicted molar refractivity (Wildman–Crippen MR) is 340 cm³/mol. The van der Waals surface area contributed by atoms with Gasteiger partial charge in [-0.3, -0.25) is 37.3 Å². The minimum absolute atomic E-state index is 0.101. The maximum absolute atomic E-state index is 13.0. The second kappa shape index (κ2) is 56.1. The van der Waals surface area contributed by atoms with Gasteiger partial charge in [0.05, 0.1) is 26.4 Å². The molecule has 0 aliphatic heterocycles. The van der Waals surface area contributed by atoms with E-state index in [0.717, 1.165) is 108 Å². The fraction of sp³-hybridized carbons (Fsp3) is 0.939. The summed E-state index contributed by atoms with van der Waals surface area (Å²) < 4.78 is 68.0. The SMILES string of the molecule is CC(C)CCCCCCCCCCCCCCC(=O)O[C@H](COC(=O)CCCCCCCCC(C)C)COP(=O)(O)OC[C@H](O)COP(=O)(O)OC[C@@H](COC(=O)CCCCCCCCCCCC(C)C)OC(=O)CCCCCCCCC(C)C. The van der Waals surface area contributed by atoms with Crippen LogP contribution >= 0.6 is 15.6 Å². The summed E-state index contributed by atoms with van der Waals surface area (Å²) in [4.78, 5) is 72.3. The van der Waals surface area contributed by atoms with Gasteiger partial charge in [0.25, 0.3) is 0 Å². The summed E-state index contributed by atoms with van der Waals surface area (Å²) in [5, 5.41) is 10.5. The summed E-state index contributed by atoms with van der Waals surface area (Å²) in [5.41, 5.74) is 0. The largest absolute Gasteiger partial charge is 0.472 e. The highest BCUT2D eigenvalue weighted by Gasteiger charge is 2.30. The molecule has 0 bridgehead atoms. The van der Waals surface area contributed by atoms with Crippen LogP contribution in [0.5, 0.6) is 0 Å². The average molecular weight is 1260 g/mol. The zero-order chi connectivity index (χ0) is 63.2. The molecule has 0 aliphatic carbocycles. The molecule has 0 aromatic rings. The Hall–Kier alpha value is -1.94. The Balaban J connectivity index is 5.22. The number of hydrogen-bond donors (Lipinski definition) is 3. The third kappa shape index (κ3) is 60.7. The molecule has 504 valence electrons. The van der Waals surface area contributed by atoms with Crippen molar-refractivity contribution in [3.63, 3.8) is 0 Å². The summed E-state index contributed by atoms with van der Waals surface area (Å²) in [6.07, 6.45) is 36.5. The van der Waals surface area contributed by atoms with Crippen molar-refractivity contribution >= 4 is 39.5 Å². The Morgan fingerprint density at radius 2 is 0.494 bits per heavy atom. The number of esters is 4. The molecule has 0 aromatic heterocycles. The fourth-order valence-electron chi connectivity index (χ4n) is 9.78. The second-order valence-corrected chi connectivity index (χ2v) is 28.7. The standard InChI is InChI=1S/C66H128O17P2/c1-56(2)42-34-26-18-14-11-9-10-12-16-21-32-40-48-65(70)82-61(53-77-64(69)47-39-31-24-22-28-36-44-58(5)6)54-80-84(72,73)78-50-60(67)51-79-85(74,75)81-55-62(83-66(71)49-41-33-25-23-29-37-45-59(7)8)52-76-63(68)46-38-30-20-17-13-15-19-27-35-43-57(3)4/h56-62,67H,9-55H2,1-8H3,(H,72,73)(H,74,75)/t60-,61+,62+/m0/s1. The van der Waals surface area contributed by atoms with Crippen LogP contribution in [0.1, 0.15) is 319 Å². The smallest absolute Gasteiger partial charge is 0.462 e. The molecule has 19 heteroatoms. The zero-order valence-electron chi connectivity index (χ0n) is 55.2. The molecular formula is C66H128O17P2. The lowest BCUT2D eigenvalue weighted by Gasteiger charge is -2.21. The van der Waals surface area contributed by atoms with Gasteiger partial charge >= 0.3 is 39.5 Å². The predicted octanol–water partition coefficient (Wildman–Crippen LogP) is 18.1. The van der Waals surface area contributed by atoms with E-state index in [9.17, 15) is 43.2 Å². The van der Waals surface area contributed by atoms with Crippen LogP contribution in [0.15, 0.2) is 0 Å². The lowest BCUT2D eigenvalue weighted by atomic mass is 10.0.